The van der Waals surface area contributed by atoms with Gasteiger partial charge in [0.2, 0.25) is 0 Å². The molecule has 0 aliphatic rings. The molecule has 0 fully saturated rings. The maximum atomic E-state index is 12.6. The Morgan fingerprint density at radius 2 is 1.58 bits per heavy atom. The van der Waals surface area contributed by atoms with E-state index in [0.717, 1.165) is 0 Å². The summed E-state index contributed by atoms with van der Waals surface area (Å²) in [7, 11) is 1.05. The lowest BCUT2D eigenvalue weighted by Gasteiger charge is -2.22. The molecule has 72 valence electrons. The van der Waals surface area contributed by atoms with Crippen molar-refractivity contribution in [3.8, 4) is 0 Å². The fourth-order valence-corrected chi connectivity index (χ4v) is 0.446. The average molecular weight is 190 g/mol. The second-order valence-electron chi connectivity index (χ2n) is 1.79. The number of esters is 1. The quantitative estimate of drug-likeness (QED) is 0.482. The molecule has 0 spiro atoms. The average Bonchev–Trinajstić information content (AvgIpc) is 1.99. The number of hydrogen-bond donors (Lipinski definition) is 0. The molecule has 0 saturated heterocycles. The molecule has 1 atom stereocenters. The first-order valence-corrected chi connectivity index (χ1v) is 2.68. The summed E-state index contributed by atoms with van der Waals surface area (Å²) in [6, 6.07) is 0. The highest BCUT2D eigenvalue weighted by molar-refractivity contribution is 5.78. The highest BCUT2D eigenvalue weighted by atomic mass is 19.4. The Morgan fingerprint density at radius 1 is 1.17 bits per heavy atom. The topological polar surface area (TPSA) is 35.5 Å². The Hall–Kier alpha value is -0.850. The molecule has 3 nitrogen and oxygen atoms in total. The lowest BCUT2D eigenvalue weighted by atomic mass is 10.3. The van der Waals surface area contributed by atoms with Gasteiger partial charge in [0.1, 0.15) is 0 Å². The van der Waals surface area contributed by atoms with Crippen molar-refractivity contribution in [2.45, 2.75) is 12.0 Å². The second kappa shape index (κ2) is 3.26. The van der Waals surface area contributed by atoms with E-state index < -0.39 is 18.0 Å². The van der Waals surface area contributed by atoms with Crippen molar-refractivity contribution in [3.63, 3.8) is 0 Å². The smallest absolute Gasteiger partial charge is 0.460 e. The normalized spacial score (nSPS) is 16.8. The summed E-state index contributed by atoms with van der Waals surface area (Å²) >= 11 is 0. The first-order valence-electron chi connectivity index (χ1n) is 2.68. The van der Waals surface area contributed by atoms with Crippen LogP contribution in [0.5, 0.6) is 0 Å². The van der Waals surface area contributed by atoms with Gasteiger partial charge >= 0.3 is 18.0 Å². The summed E-state index contributed by atoms with van der Waals surface area (Å²) in [6.07, 6.45) is -5.44. The van der Waals surface area contributed by atoms with Gasteiger partial charge in [-0.3, -0.25) is 0 Å². The van der Waals surface area contributed by atoms with Gasteiger partial charge in [-0.05, 0) is 0 Å². The van der Waals surface area contributed by atoms with Crippen molar-refractivity contribution in [2.24, 2.45) is 0 Å². The van der Waals surface area contributed by atoms with E-state index in [1.165, 1.54) is 0 Å². The van der Waals surface area contributed by atoms with Gasteiger partial charge in [-0.2, -0.15) is 17.6 Å². The van der Waals surface area contributed by atoms with Gasteiger partial charge in [0.15, 0.2) is 0 Å². The number of ether oxygens (including phenoxy) is 2. The SMILES string of the molecule is COC(=O)C(F)(OC)C(F)(F)F. The van der Waals surface area contributed by atoms with Gasteiger partial charge in [-0.15, -0.1) is 0 Å². The molecule has 0 heterocycles. The number of carbonyl (C=O) groups excluding carboxylic acids is 1. The molecular formula is C5H6F4O3. The first-order chi connectivity index (χ1) is 5.29. The lowest BCUT2D eigenvalue weighted by molar-refractivity contribution is -0.315. The van der Waals surface area contributed by atoms with Crippen LogP contribution < -0.4 is 0 Å². The Balaban J connectivity index is 4.80. The Morgan fingerprint density at radius 3 is 1.67 bits per heavy atom. The van der Waals surface area contributed by atoms with Gasteiger partial charge in [-0.1, -0.05) is 0 Å². The lowest BCUT2D eigenvalue weighted by Crippen LogP contribution is -2.50. The number of alkyl halides is 4. The van der Waals surface area contributed by atoms with E-state index in [2.05, 4.69) is 9.47 Å². The predicted octanol–water partition coefficient (Wildman–Crippen LogP) is 1.03. The summed E-state index contributed by atoms with van der Waals surface area (Å²) in [5.74, 6) is -6.50. The van der Waals surface area contributed by atoms with Crippen molar-refractivity contribution in [3.05, 3.63) is 0 Å². The standard InChI is InChI=1S/C5H6F4O3/c1-11-3(10)4(6,12-2)5(7,8)9/h1-2H3. The number of carbonyl (C=O) groups is 1. The maximum Gasteiger partial charge on any atom is 0.460 e. The minimum Gasteiger partial charge on any atom is -0.465 e. The van der Waals surface area contributed by atoms with Crippen LogP contribution in [0, 0.1) is 0 Å². The van der Waals surface area contributed by atoms with E-state index in [-0.39, 0.29) is 0 Å². The monoisotopic (exact) mass is 190 g/mol. The van der Waals surface area contributed by atoms with Crippen molar-refractivity contribution >= 4 is 5.97 Å². The van der Waals surface area contributed by atoms with E-state index in [1.807, 2.05) is 0 Å². The summed E-state index contributed by atoms with van der Waals surface area (Å²) in [4.78, 5) is 10.3. The van der Waals surface area contributed by atoms with E-state index in [1.54, 1.807) is 0 Å². The summed E-state index contributed by atoms with van der Waals surface area (Å²) in [5, 5.41) is 0. The number of methoxy groups -OCH3 is 2. The highest BCUT2D eigenvalue weighted by Gasteiger charge is 2.64. The number of rotatable bonds is 2. The zero-order valence-corrected chi connectivity index (χ0v) is 6.24. The Kier molecular flexibility index (Phi) is 3.03. The molecule has 1 unspecified atom stereocenters. The highest BCUT2D eigenvalue weighted by Crippen LogP contribution is 2.35. The van der Waals surface area contributed by atoms with Crippen molar-refractivity contribution in [1.29, 1.82) is 0 Å². The van der Waals surface area contributed by atoms with Crippen LogP contribution in [0.3, 0.4) is 0 Å². The largest absolute Gasteiger partial charge is 0.465 e. The van der Waals surface area contributed by atoms with Crippen LogP contribution in [0.1, 0.15) is 0 Å². The molecule has 0 rings (SSSR count). The molecule has 0 saturated carbocycles. The molecule has 0 aromatic carbocycles. The fourth-order valence-electron chi connectivity index (χ4n) is 0.446. The molecule has 0 aliphatic heterocycles. The molecule has 0 N–H and O–H groups in total. The second-order valence-corrected chi connectivity index (χ2v) is 1.79. The zero-order valence-electron chi connectivity index (χ0n) is 6.24. The molecule has 0 radical (unpaired) electrons. The van der Waals surface area contributed by atoms with Crippen LogP contribution >= 0.6 is 0 Å². The van der Waals surface area contributed by atoms with Crippen LogP contribution in [0.4, 0.5) is 17.6 Å². The molecule has 0 amide bonds. The van der Waals surface area contributed by atoms with Crippen LogP contribution in [0.15, 0.2) is 0 Å². The van der Waals surface area contributed by atoms with Crippen molar-refractivity contribution in [2.75, 3.05) is 14.2 Å². The van der Waals surface area contributed by atoms with Crippen LogP contribution in [-0.2, 0) is 14.3 Å². The Labute approximate surface area is 65.2 Å². The van der Waals surface area contributed by atoms with E-state index in [9.17, 15) is 22.4 Å². The summed E-state index contributed by atoms with van der Waals surface area (Å²) < 4.78 is 54.8. The molecule has 0 bridgehead atoms. The van der Waals surface area contributed by atoms with Crippen LogP contribution in [-0.4, -0.2) is 32.2 Å². The third-order valence-corrected chi connectivity index (χ3v) is 1.09. The molecule has 0 aromatic heterocycles. The van der Waals surface area contributed by atoms with Gasteiger partial charge in [0.05, 0.1) is 7.11 Å². The third kappa shape index (κ3) is 1.66. The first kappa shape index (κ1) is 11.2. The van der Waals surface area contributed by atoms with Crippen molar-refractivity contribution in [1.82, 2.24) is 0 Å². The molecule has 12 heavy (non-hydrogen) atoms. The zero-order chi connectivity index (χ0) is 9.99. The number of hydrogen-bond acceptors (Lipinski definition) is 3. The minimum atomic E-state index is -5.44. The Bertz CT molecular complexity index is 178. The van der Waals surface area contributed by atoms with Gasteiger partial charge < -0.3 is 9.47 Å². The van der Waals surface area contributed by atoms with Crippen LogP contribution in [0.2, 0.25) is 0 Å². The van der Waals surface area contributed by atoms with E-state index >= 15 is 0 Å². The van der Waals surface area contributed by atoms with Gasteiger partial charge in [0.25, 0.3) is 0 Å². The van der Waals surface area contributed by atoms with E-state index in [4.69, 9.17) is 0 Å². The minimum absolute atomic E-state index is 0.421. The summed E-state index contributed by atoms with van der Waals surface area (Å²) in [5.41, 5.74) is 0. The fraction of sp³-hybridized carbons (Fsp3) is 0.800. The molecule has 7 heteroatoms. The third-order valence-electron chi connectivity index (χ3n) is 1.09. The van der Waals surface area contributed by atoms with E-state index in [0.29, 0.717) is 14.2 Å². The van der Waals surface area contributed by atoms with Gasteiger partial charge in [-0.25, -0.2) is 4.79 Å². The predicted molar refractivity (Wildman–Crippen MR) is 28.9 cm³/mol. The molecular weight excluding hydrogens is 184 g/mol. The summed E-state index contributed by atoms with van der Waals surface area (Å²) in [6.45, 7) is 0. The maximum absolute atomic E-state index is 12.6. The number of halogens is 4. The van der Waals surface area contributed by atoms with Crippen LogP contribution in [0.25, 0.3) is 0 Å². The van der Waals surface area contributed by atoms with Gasteiger partial charge in [0, 0.05) is 7.11 Å². The molecule has 0 aromatic rings. The van der Waals surface area contributed by atoms with Crippen molar-refractivity contribution < 1.29 is 31.8 Å². The molecule has 0 aliphatic carbocycles.